The third kappa shape index (κ3) is 3.91. The molecule has 0 aromatic heterocycles. The Morgan fingerprint density at radius 3 is 2.31 bits per heavy atom. The largest absolute Gasteiger partial charge is 0.492 e. The molecule has 2 aromatic rings. The third-order valence-electron chi connectivity index (χ3n) is 5.54. The van der Waals surface area contributed by atoms with E-state index in [2.05, 4.69) is 29.2 Å². The van der Waals surface area contributed by atoms with Crippen molar-refractivity contribution in [1.82, 2.24) is 9.80 Å². The molecule has 0 radical (unpaired) electrons. The van der Waals surface area contributed by atoms with Crippen LogP contribution in [0.4, 0.5) is 0 Å². The van der Waals surface area contributed by atoms with E-state index in [1.54, 1.807) is 0 Å². The van der Waals surface area contributed by atoms with E-state index in [1.165, 1.54) is 11.1 Å². The number of nitrogens with zero attached hydrogens (tertiary/aromatic N) is 2. The fraction of sp³-hybridized carbons (Fsp3) is 0.409. The van der Waals surface area contributed by atoms with Crippen LogP contribution in [0.2, 0.25) is 0 Å². The molecule has 1 fully saturated rings. The highest BCUT2D eigenvalue weighted by Crippen LogP contribution is 2.26. The maximum Gasteiger partial charge on any atom is 0.224 e. The topological polar surface area (TPSA) is 32.8 Å². The van der Waals surface area contributed by atoms with Gasteiger partial charge in [-0.15, -0.1) is 0 Å². The minimum Gasteiger partial charge on any atom is -0.492 e. The normalized spacial score (nSPS) is 18.6. The molecule has 136 valence electrons. The summed E-state index contributed by atoms with van der Waals surface area (Å²) >= 11 is 0. The zero-order valence-electron chi connectivity index (χ0n) is 15.1. The lowest BCUT2D eigenvalue weighted by Crippen LogP contribution is -2.39. The summed E-state index contributed by atoms with van der Waals surface area (Å²) in [6.07, 6.45) is 2.83. The Bertz CT molecular complexity index is 722. The molecule has 4 heteroatoms. The SMILES string of the molecule is O=C1CCN(C2Cc3ccccc3C2)CCN1CCOc1ccccc1. The Morgan fingerprint density at radius 1 is 0.885 bits per heavy atom. The number of ether oxygens (including phenoxy) is 1. The summed E-state index contributed by atoms with van der Waals surface area (Å²) in [6.45, 7) is 3.82. The summed E-state index contributed by atoms with van der Waals surface area (Å²) in [4.78, 5) is 17.0. The third-order valence-corrected chi connectivity index (χ3v) is 5.54. The molecule has 1 heterocycles. The summed E-state index contributed by atoms with van der Waals surface area (Å²) in [5.41, 5.74) is 2.95. The molecule has 1 amide bonds. The molecule has 4 rings (SSSR count). The molecule has 2 aliphatic rings. The zero-order valence-corrected chi connectivity index (χ0v) is 15.1. The highest BCUT2D eigenvalue weighted by molar-refractivity contribution is 5.76. The van der Waals surface area contributed by atoms with Gasteiger partial charge in [-0.3, -0.25) is 9.69 Å². The maximum atomic E-state index is 12.5. The van der Waals surface area contributed by atoms with E-state index in [9.17, 15) is 4.79 Å². The summed E-state index contributed by atoms with van der Waals surface area (Å²) in [7, 11) is 0. The predicted octanol–water partition coefficient (Wildman–Crippen LogP) is 2.77. The first-order chi connectivity index (χ1) is 12.8. The monoisotopic (exact) mass is 350 g/mol. The van der Waals surface area contributed by atoms with Gasteiger partial charge in [-0.05, 0) is 36.1 Å². The molecule has 26 heavy (non-hydrogen) atoms. The number of benzene rings is 2. The van der Waals surface area contributed by atoms with Crippen LogP contribution in [0.5, 0.6) is 5.75 Å². The molecule has 1 aliphatic heterocycles. The average molecular weight is 350 g/mol. The molecule has 2 aromatic carbocycles. The van der Waals surface area contributed by atoms with Crippen LogP contribution in [0, 0.1) is 0 Å². The predicted molar refractivity (Wildman–Crippen MR) is 102 cm³/mol. The number of rotatable bonds is 5. The lowest BCUT2D eigenvalue weighted by molar-refractivity contribution is -0.130. The fourth-order valence-corrected chi connectivity index (χ4v) is 4.07. The zero-order chi connectivity index (χ0) is 17.8. The van der Waals surface area contributed by atoms with Crippen molar-refractivity contribution in [2.45, 2.75) is 25.3 Å². The van der Waals surface area contributed by atoms with Crippen molar-refractivity contribution in [2.24, 2.45) is 0 Å². The number of fused-ring (bicyclic) bond motifs is 1. The standard InChI is InChI=1S/C22H26N2O2/c25-22-10-11-23(20-16-18-6-4-5-7-19(18)17-20)12-13-24(22)14-15-26-21-8-2-1-3-9-21/h1-9,20H,10-17H2. The van der Waals surface area contributed by atoms with Crippen LogP contribution in [-0.4, -0.2) is 54.5 Å². The van der Waals surface area contributed by atoms with Crippen molar-refractivity contribution in [1.29, 1.82) is 0 Å². The first-order valence-corrected chi connectivity index (χ1v) is 9.56. The van der Waals surface area contributed by atoms with Crippen molar-refractivity contribution in [3.63, 3.8) is 0 Å². The maximum absolute atomic E-state index is 12.5. The van der Waals surface area contributed by atoms with Crippen LogP contribution < -0.4 is 4.74 Å². The van der Waals surface area contributed by atoms with E-state index in [1.807, 2.05) is 35.2 Å². The van der Waals surface area contributed by atoms with Crippen LogP contribution in [0.25, 0.3) is 0 Å². The van der Waals surface area contributed by atoms with Crippen molar-refractivity contribution in [3.8, 4) is 5.75 Å². The van der Waals surface area contributed by atoms with Crippen LogP contribution in [0.1, 0.15) is 17.5 Å². The van der Waals surface area contributed by atoms with Crippen LogP contribution in [0.3, 0.4) is 0 Å². The van der Waals surface area contributed by atoms with E-state index in [0.29, 0.717) is 25.6 Å². The van der Waals surface area contributed by atoms with Gasteiger partial charge in [0.1, 0.15) is 12.4 Å². The molecule has 1 saturated heterocycles. The van der Waals surface area contributed by atoms with Crippen molar-refractivity contribution in [3.05, 3.63) is 65.7 Å². The first-order valence-electron chi connectivity index (χ1n) is 9.56. The van der Waals surface area contributed by atoms with Gasteiger partial charge in [0.25, 0.3) is 0 Å². The summed E-state index contributed by atoms with van der Waals surface area (Å²) in [5.74, 6) is 1.11. The minimum absolute atomic E-state index is 0.250. The lowest BCUT2D eigenvalue weighted by Gasteiger charge is -2.27. The summed E-state index contributed by atoms with van der Waals surface area (Å²) in [5, 5.41) is 0. The Morgan fingerprint density at radius 2 is 1.58 bits per heavy atom. The van der Waals surface area contributed by atoms with E-state index in [4.69, 9.17) is 4.74 Å². The smallest absolute Gasteiger partial charge is 0.224 e. The fourth-order valence-electron chi connectivity index (χ4n) is 4.07. The molecule has 0 spiro atoms. The Labute approximate surface area is 155 Å². The van der Waals surface area contributed by atoms with Crippen LogP contribution in [0.15, 0.2) is 54.6 Å². The van der Waals surface area contributed by atoms with Gasteiger partial charge < -0.3 is 9.64 Å². The first kappa shape index (κ1) is 17.1. The average Bonchev–Trinajstić information content (AvgIpc) is 3.02. The number of carbonyl (C=O) groups is 1. The van der Waals surface area contributed by atoms with E-state index in [-0.39, 0.29) is 5.91 Å². The number of carbonyl (C=O) groups excluding carboxylic acids is 1. The number of para-hydroxylation sites is 1. The molecular formula is C22H26N2O2. The minimum atomic E-state index is 0.250. The van der Waals surface area contributed by atoms with Gasteiger partial charge in [0, 0.05) is 32.1 Å². The molecule has 0 saturated carbocycles. The van der Waals surface area contributed by atoms with E-state index < -0.39 is 0 Å². The number of amides is 1. The van der Waals surface area contributed by atoms with Crippen molar-refractivity contribution >= 4 is 5.91 Å². The molecule has 0 bridgehead atoms. The second-order valence-corrected chi connectivity index (χ2v) is 7.16. The van der Waals surface area contributed by atoms with Crippen molar-refractivity contribution < 1.29 is 9.53 Å². The molecule has 0 N–H and O–H groups in total. The summed E-state index contributed by atoms with van der Waals surface area (Å²) in [6, 6.07) is 19.1. The summed E-state index contributed by atoms with van der Waals surface area (Å²) < 4.78 is 5.76. The highest BCUT2D eigenvalue weighted by atomic mass is 16.5. The second kappa shape index (κ2) is 7.92. The Hall–Kier alpha value is -2.33. The highest BCUT2D eigenvalue weighted by Gasteiger charge is 2.29. The van der Waals surface area contributed by atoms with Gasteiger partial charge in [0.15, 0.2) is 0 Å². The van der Waals surface area contributed by atoms with Gasteiger partial charge in [0.05, 0.1) is 6.54 Å². The van der Waals surface area contributed by atoms with Gasteiger partial charge in [-0.1, -0.05) is 42.5 Å². The lowest BCUT2D eigenvalue weighted by atomic mass is 10.1. The Balaban J connectivity index is 1.29. The molecule has 0 atom stereocenters. The molecular weight excluding hydrogens is 324 g/mol. The number of hydrogen-bond donors (Lipinski definition) is 0. The Kier molecular flexibility index (Phi) is 5.21. The molecule has 4 nitrogen and oxygen atoms in total. The second-order valence-electron chi connectivity index (χ2n) is 7.16. The molecule has 0 unspecified atom stereocenters. The van der Waals surface area contributed by atoms with Gasteiger partial charge in [-0.25, -0.2) is 0 Å². The molecule has 1 aliphatic carbocycles. The van der Waals surface area contributed by atoms with Crippen molar-refractivity contribution in [2.75, 3.05) is 32.8 Å². The van der Waals surface area contributed by atoms with E-state index in [0.717, 1.165) is 38.2 Å². The van der Waals surface area contributed by atoms with E-state index >= 15 is 0 Å². The van der Waals surface area contributed by atoms with Gasteiger partial charge in [-0.2, -0.15) is 0 Å². The van der Waals surface area contributed by atoms with Crippen LogP contribution >= 0.6 is 0 Å². The van der Waals surface area contributed by atoms with Gasteiger partial charge in [0.2, 0.25) is 5.91 Å². The quantitative estimate of drug-likeness (QED) is 0.831. The van der Waals surface area contributed by atoms with Crippen LogP contribution in [-0.2, 0) is 17.6 Å². The number of hydrogen-bond acceptors (Lipinski definition) is 3. The van der Waals surface area contributed by atoms with Gasteiger partial charge >= 0.3 is 0 Å².